The summed E-state index contributed by atoms with van der Waals surface area (Å²) in [6.07, 6.45) is 1.51. The van der Waals surface area contributed by atoms with Gasteiger partial charge < -0.3 is 14.8 Å². The fourth-order valence-electron chi connectivity index (χ4n) is 2.39. The number of hydrogen-bond donors (Lipinski definition) is 2. The van der Waals surface area contributed by atoms with Gasteiger partial charge in [-0.25, -0.2) is 9.78 Å². The van der Waals surface area contributed by atoms with Gasteiger partial charge in [-0.05, 0) is 18.3 Å². The molecule has 0 amide bonds. The lowest BCUT2D eigenvalue weighted by molar-refractivity contribution is 0.0686. The molecule has 1 unspecified atom stereocenters. The van der Waals surface area contributed by atoms with Gasteiger partial charge in [0.15, 0.2) is 5.69 Å². The van der Waals surface area contributed by atoms with Gasteiger partial charge in [0.05, 0.1) is 18.3 Å². The van der Waals surface area contributed by atoms with Crippen molar-refractivity contribution in [2.45, 2.75) is 52.7 Å². The van der Waals surface area contributed by atoms with Gasteiger partial charge in [0.2, 0.25) is 0 Å². The van der Waals surface area contributed by atoms with E-state index in [4.69, 9.17) is 0 Å². The molecule has 0 aromatic carbocycles. The zero-order valence-electron chi connectivity index (χ0n) is 11.1. The van der Waals surface area contributed by atoms with Gasteiger partial charge >= 0.3 is 5.97 Å². The van der Waals surface area contributed by atoms with E-state index in [2.05, 4.69) is 25.8 Å². The Labute approximate surface area is 106 Å². The standard InChI is InChI=1S/C13H20N2O3/c1-13(2,3)6-10-14-11(12(17)18)9-5-4-8(16)7-15(9)10/h8,16H,4-7H2,1-3H3,(H,17,18). The number of aromatic carboxylic acids is 1. The molecule has 0 fully saturated rings. The first kappa shape index (κ1) is 13.1. The topological polar surface area (TPSA) is 75.3 Å². The van der Waals surface area contributed by atoms with E-state index in [0.29, 0.717) is 25.8 Å². The van der Waals surface area contributed by atoms with Crippen molar-refractivity contribution in [2.24, 2.45) is 5.41 Å². The second-order valence-electron chi connectivity index (χ2n) is 6.17. The summed E-state index contributed by atoms with van der Waals surface area (Å²) in [4.78, 5) is 15.5. The van der Waals surface area contributed by atoms with Crippen LogP contribution in [0.1, 0.15) is 49.2 Å². The summed E-state index contributed by atoms with van der Waals surface area (Å²) in [5.74, 6) is -0.205. The van der Waals surface area contributed by atoms with E-state index < -0.39 is 12.1 Å². The number of imidazole rings is 1. The van der Waals surface area contributed by atoms with Crippen LogP contribution in [0.25, 0.3) is 0 Å². The Bertz CT molecular complexity index is 471. The first-order chi connectivity index (χ1) is 8.28. The molecule has 1 aromatic rings. The van der Waals surface area contributed by atoms with Crippen LogP contribution < -0.4 is 0 Å². The molecule has 2 rings (SSSR count). The van der Waals surface area contributed by atoms with E-state index in [0.717, 1.165) is 11.5 Å². The van der Waals surface area contributed by atoms with Crippen molar-refractivity contribution in [1.82, 2.24) is 9.55 Å². The molecular weight excluding hydrogens is 232 g/mol. The Morgan fingerprint density at radius 3 is 2.72 bits per heavy atom. The molecule has 0 aliphatic carbocycles. The minimum Gasteiger partial charge on any atom is -0.476 e. The smallest absolute Gasteiger partial charge is 0.356 e. The van der Waals surface area contributed by atoms with E-state index >= 15 is 0 Å². The van der Waals surface area contributed by atoms with Crippen LogP contribution in [0.4, 0.5) is 0 Å². The summed E-state index contributed by atoms with van der Waals surface area (Å²) in [5, 5.41) is 18.9. The number of carboxylic acids is 1. The minimum absolute atomic E-state index is 0.0420. The SMILES string of the molecule is CC(C)(C)Cc1nc(C(=O)O)c2n1CC(O)CC2. The highest BCUT2D eigenvalue weighted by molar-refractivity contribution is 5.87. The number of nitrogens with zero attached hydrogens (tertiary/aromatic N) is 2. The maximum absolute atomic E-state index is 11.2. The molecule has 2 heterocycles. The summed E-state index contributed by atoms with van der Waals surface area (Å²) in [5.41, 5.74) is 0.952. The number of aliphatic hydroxyl groups excluding tert-OH is 1. The number of aromatic nitrogens is 2. The average Bonchev–Trinajstić information content (AvgIpc) is 2.54. The second-order valence-corrected chi connectivity index (χ2v) is 6.17. The van der Waals surface area contributed by atoms with Crippen molar-refractivity contribution < 1.29 is 15.0 Å². The van der Waals surface area contributed by atoms with Crippen LogP contribution in [-0.4, -0.2) is 31.8 Å². The summed E-state index contributed by atoms with van der Waals surface area (Å²) in [6, 6.07) is 0. The van der Waals surface area contributed by atoms with Crippen molar-refractivity contribution >= 4 is 5.97 Å². The molecule has 0 saturated carbocycles. The lowest BCUT2D eigenvalue weighted by Gasteiger charge is -2.24. The maximum Gasteiger partial charge on any atom is 0.356 e. The zero-order chi connectivity index (χ0) is 13.5. The molecule has 5 heteroatoms. The predicted octanol–water partition coefficient (Wildman–Crippen LogP) is 1.48. The molecule has 1 atom stereocenters. The van der Waals surface area contributed by atoms with Crippen LogP contribution in [0.2, 0.25) is 0 Å². The molecule has 100 valence electrons. The highest BCUT2D eigenvalue weighted by Gasteiger charge is 2.28. The van der Waals surface area contributed by atoms with Crippen LogP contribution in [-0.2, 0) is 19.4 Å². The Hall–Kier alpha value is -1.36. The molecule has 1 aliphatic heterocycles. The summed E-state index contributed by atoms with van der Waals surface area (Å²) < 4.78 is 1.89. The van der Waals surface area contributed by atoms with Crippen molar-refractivity contribution in [2.75, 3.05) is 0 Å². The quantitative estimate of drug-likeness (QED) is 0.836. The molecule has 1 aromatic heterocycles. The fourth-order valence-corrected chi connectivity index (χ4v) is 2.39. The summed E-state index contributed by atoms with van der Waals surface area (Å²) in [7, 11) is 0. The van der Waals surface area contributed by atoms with Gasteiger partial charge in [-0.1, -0.05) is 20.8 Å². The largest absolute Gasteiger partial charge is 0.476 e. The second kappa shape index (κ2) is 4.39. The Morgan fingerprint density at radius 1 is 1.50 bits per heavy atom. The van der Waals surface area contributed by atoms with Crippen LogP contribution in [0.5, 0.6) is 0 Å². The molecule has 0 radical (unpaired) electrons. The number of carbonyl (C=O) groups is 1. The highest BCUT2D eigenvalue weighted by Crippen LogP contribution is 2.26. The third kappa shape index (κ3) is 2.56. The van der Waals surface area contributed by atoms with Gasteiger partial charge in [0, 0.05) is 6.42 Å². The predicted molar refractivity (Wildman–Crippen MR) is 66.7 cm³/mol. The molecule has 2 N–H and O–H groups in total. The number of aliphatic hydroxyl groups is 1. The molecule has 18 heavy (non-hydrogen) atoms. The lowest BCUT2D eigenvalue weighted by Crippen LogP contribution is -2.27. The van der Waals surface area contributed by atoms with E-state index in [1.54, 1.807) is 0 Å². The molecule has 0 spiro atoms. The van der Waals surface area contributed by atoms with Gasteiger partial charge in [-0.2, -0.15) is 0 Å². The van der Waals surface area contributed by atoms with E-state index in [1.165, 1.54) is 0 Å². The zero-order valence-corrected chi connectivity index (χ0v) is 11.1. The normalized spacial score (nSPS) is 19.7. The highest BCUT2D eigenvalue weighted by atomic mass is 16.4. The Kier molecular flexibility index (Phi) is 3.19. The van der Waals surface area contributed by atoms with Crippen molar-refractivity contribution in [1.29, 1.82) is 0 Å². The molecular formula is C13H20N2O3. The number of carboxylic acid groups (broad SMARTS) is 1. The first-order valence-corrected chi connectivity index (χ1v) is 6.27. The van der Waals surface area contributed by atoms with Crippen LogP contribution >= 0.6 is 0 Å². The lowest BCUT2D eigenvalue weighted by atomic mass is 9.92. The molecule has 0 bridgehead atoms. The van der Waals surface area contributed by atoms with Crippen LogP contribution in [0.15, 0.2) is 0 Å². The van der Waals surface area contributed by atoms with Crippen molar-refractivity contribution in [3.05, 3.63) is 17.2 Å². The van der Waals surface area contributed by atoms with Gasteiger partial charge in [0.1, 0.15) is 5.82 Å². The minimum atomic E-state index is -0.977. The fraction of sp³-hybridized carbons (Fsp3) is 0.692. The van der Waals surface area contributed by atoms with Gasteiger partial charge in [-0.15, -0.1) is 0 Å². The van der Waals surface area contributed by atoms with E-state index in [1.807, 2.05) is 4.57 Å². The summed E-state index contributed by atoms with van der Waals surface area (Å²) >= 11 is 0. The van der Waals surface area contributed by atoms with Crippen LogP contribution in [0, 0.1) is 5.41 Å². The molecule has 5 nitrogen and oxygen atoms in total. The average molecular weight is 252 g/mol. The number of hydrogen-bond acceptors (Lipinski definition) is 3. The van der Waals surface area contributed by atoms with E-state index in [-0.39, 0.29) is 11.1 Å². The van der Waals surface area contributed by atoms with Crippen molar-refractivity contribution in [3.8, 4) is 0 Å². The monoisotopic (exact) mass is 252 g/mol. The Balaban J connectivity index is 2.44. The van der Waals surface area contributed by atoms with Gasteiger partial charge in [0.25, 0.3) is 0 Å². The molecule has 0 saturated heterocycles. The van der Waals surface area contributed by atoms with E-state index in [9.17, 15) is 15.0 Å². The van der Waals surface area contributed by atoms with Crippen molar-refractivity contribution in [3.63, 3.8) is 0 Å². The third-order valence-corrected chi connectivity index (χ3v) is 3.15. The number of rotatable bonds is 2. The summed E-state index contributed by atoms with van der Waals surface area (Å²) in [6.45, 7) is 6.73. The maximum atomic E-state index is 11.2. The Morgan fingerprint density at radius 2 is 2.17 bits per heavy atom. The van der Waals surface area contributed by atoms with Crippen LogP contribution in [0.3, 0.4) is 0 Å². The van der Waals surface area contributed by atoms with Gasteiger partial charge in [-0.3, -0.25) is 0 Å². The first-order valence-electron chi connectivity index (χ1n) is 6.27. The number of fused-ring (bicyclic) bond motifs is 1. The molecule has 1 aliphatic rings. The third-order valence-electron chi connectivity index (χ3n) is 3.15.